The monoisotopic (exact) mass is 305 g/mol. The molecule has 0 radical (unpaired) electrons. The number of nitrogens with zero attached hydrogens (tertiary/aromatic N) is 2. The molecule has 2 aromatic rings. The van der Waals surface area contributed by atoms with Crippen molar-refractivity contribution in [1.82, 2.24) is 0 Å². The second kappa shape index (κ2) is 5.63. The lowest BCUT2D eigenvalue weighted by Gasteiger charge is -2.05. The van der Waals surface area contributed by atoms with Gasteiger partial charge in [0.2, 0.25) is 0 Å². The Hall–Kier alpha value is -2.25. The summed E-state index contributed by atoms with van der Waals surface area (Å²) in [5, 5.41) is 8.22. The minimum absolute atomic E-state index is 0.179. The molecule has 6 nitrogen and oxygen atoms in total. The van der Waals surface area contributed by atoms with E-state index in [0.717, 1.165) is 16.8 Å². The largest absolute Gasteiger partial charge is 0.399 e. The molecule has 7 heteroatoms. The van der Waals surface area contributed by atoms with Crippen LogP contribution in [0.4, 0.5) is 17.1 Å². The van der Waals surface area contributed by atoms with Gasteiger partial charge in [-0.05, 0) is 61.4 Å². The maximum absolute atomic E-state index is 10.9. The Morgan fingerprint density at radius 3 is 2.00 bits per heavy atom. The third-order valence-electron chi connectivity index (χ3n) is 2.91. The molecule has 0 aliphatic carbocycles. The molecule has 0 aliphatic heterocycles. The fourth-order valence-electron chi connectivity index (χ4n) is 1.94. The van der Waals surface area contributed by atoms with E-state index in [9.17, 15) is 8.42 Å². The second-order valence-corrected chi connectivity index (χ2v) is 6.09. The van der Waals surface area contributed by atoms with Crippen molar-refractivity contribution in [3.8, 4) is 0 Å². The van der Waals surface area contributed by atoms with E-state index >= 15 is 0 Å². The number of aryl methyl sites for hydroxylation is 2. The zero-order valence-corrected chi connectivity index (χ0v) is 12.4. The lowest BCUT2D eigenvalue weighted by atomic mass is 10.1. The van der Waals surface area contributed by atoms with Crippen molar-refractivity contribution in [1.29, 1.82) is 0 Å². The summed E-state index contributed by atoms with van der Waals surface area (Å²) in [6, 6.07) is 9.09. The van der Waals surface area contributed by atoms with E-state index in [1.807, 2.05) is 26.0 Å². The van der Waals surface area contributed by atoms with Gasteiger partial charge in [0.15, 0.2) is 0 Å². The van der Waals surface area contributed by atoms with Gasteiger partial charge in [0.05, 0.1) is 16.3 Å². The summed E-state index contributed by atoms with van der Waals surface area (Å²) in [5.74, 6) is 0. The maximum atomic E-state index is 10.9. The number of hydrogen-bond donors (Lipinski definition) is 2. The molecular weight excluding hydrogens is 290 g/mol. The van der Waals surface area contributed by atoms with E-state index in [1.165, 1.54) is 24.3 Å². The molecule has 2 rings (SSSR count). The summed E-state index contributed by atoms with van der Waals surface area (Å²) in [6.07, 6.45) is 0. The third kappa shape index (κ3) is 3.65. The Balaban J connectivity index is 2.30. The fraction of sp³-hybridized carbons (Fsp3) is 0.143. The first-order chi connectivity index (χ1) is 9.77. The Morgan fingerprint density at radius 1 is 1.00 bits per heavy atom. The molecule has 2 aromatic carbocycles. The molecule has 0 spiro atoms. The fourth-order valence-corrected chi connectivity index (χ4v) is 2.42. The lowest BCUT2D eigenvalue weighted by molar-refractivity contribution is 0.483. The molecule has 0 unspecified atom stereocenters. The van der Waals surface area contributed by atoms with Crippen LogP contribution in [-0.4, -0.2) is 13.0 Å². The van der Waals surface area contributed by atoms with Crippen LogP contribution in [-0.2, 0) is 10.1 Å². The van der Waals surface area contributed by atoms with Gasteiger partial charge in [0, 0.05) is 5.69 Å². The van der Waals surface area contributed by atoms with Gasteiger partial charge >= 0.3 is 0 Å². The van der Waals surface area contributed by atoms with E-state index in [4.69, 9.17) is 10.3 Å². The van der Waals surface area contributed by atoms with Gasteiger partial charge in [0.1, 0.15) is 0 Å². The molecule has 0 saturated heterocycles. The van der Waals surface area contributed by atoms with E-state index in [1.54, 1.807) is 0 Å². The van der Waals surface area contributed by atoms with Crippen molar-refractivity contribution in [2.24, 2.45) is 10.2 Å². The number of nitrogens with two attached hydrogens (primary N) is 1. The van der Waals surface area contributed by atoms with E-state index in [-0.39, 0.29) is 4.90 Å². The highest BCUT2D eigenvalue weighted by molar-refractivity contribution is 7.85. The van der Waals surface area contributed by atoms with E-state index < -0.39 is 10.1 Å². The highest BCUT2D eigenvalue weighted by Crippen LogP contribution is 2.28. The highest BCUT2D eigenvalue weighted by Gasteiger charge is 2.08. The standard InChI is InChI=1S/C14H15N3O3S/c1-9-7-11(15)8-10(2)14(9)17-16-12-3-5-13(6-4-12)21(18,19)20/h3-8H,15H2,1-2H3,(H,18,19,20). The number of hydrogen-bond acceptors (Lipinski definition) is 5. The molecule has 0 saturated carbocycles. The summed E-state index contributed by atoms with van der Waals surface area (Å²) in [4.78, 5) is -0.179. The van der Waals surface area contributed by atoms with E-state index in [0.29, 0.717) is 11.4 Å². The van der Waals surface area contributed by atoms with Crippen molar-refractivity contribution >= 4 is 27.2 Å². The first-order valence-electron chi connectivity index (χ1n) is 6.13. The Morgan fingerprint density at radius 2 is 1.52 bits per heavy atom. The van der Waals surface area contributed by atoms with Crippen LogP contribution in [0.3, 0.4) is 0 Å². The van der Waals surface area contributed by atoms with Crippen LogP contribution in [0.2, 0.25) is 0 Å². The van der Waals surface area contributed by atoms with Crippen molar-refractivity contribution in [2.75, 3.05) is 5.73 Å². The zero-order valence-electron chi connectivity index (χ0n) is 11.6. The van der Waals surface area contributed by atoms with Crippen molar-refractivity contribution < 1.29 is 13.0 Å². The predicted molar refractivity (Wildman–Crippen MR) is 80.8 cm³/mol. The van der Waals surface area contributed by atoms with Crippen LogP contribution in [0.15, 0.2) is 51.5 Å². The molecule has 0 bridgehead atoms. The van der Waals surface area contributed by atoms with Crippen LogP contribution >= 0.6 is 0 Å². The summed E-state index contributed by atoms with van der Waals surface area (Å²) in [6.45, 7) is 3.78. The van der Waals surface area contributed by atoms with Crippen molar-refractivity contribution in [3.05, 3.63) is 47.5 Å². The zero-order chi connectivity index (χ0) is 15.6. The molecule has 0 amide bonds. The number of anilines is 1. The van der Waals surface area contributed by atoms with Crippen LogP contribution in [0.5, 0.6) is 0 Å². The SMILES string of the molecule is Cc1cc(N)cc(C)c1N=Nc1ccc(S(=O)(=O)O)cc1. The third-order valence-corrected chi connectivity index (χ3v) is 3.78. The average molecular weight is 305 g/mol. The molecule has 0 fully saturated rings. The minimum Gasteiger partial charge on any atom is -0.399 e. The predicted octanol–water partition coefficient (Wildman–Crippen LogP) is 3.55. The average Bonchev–Trinajstić information content (AvgIpc) is 2.37. The van der Waals surface area contributed by atoms with Gasteiger partial charge < -0.3 is 5.73 Å². The highest BCUT2D eigenvalue weighted by atomic mass is 32.2. The smallest absolute Gasteiger partial charge is 0.294 e. The minimum atomic E-state index is -4.19. The van der Waals surface area contributed by atoms with Gasteiger partial charge in [-0.3, -0.25) is 4.55 Å². The Kier molecular flexibility index (Phi) is 4.06. The molecule has 0 aromatic heterocycles. The molecule has 0 aliphatic rings. The number of nitrogen functional groups attached to an aromatic ring is 1. The molecular formula is C14H15N3O3S. The summed E-state index contributed by atoms with van der Waals surface area (Å²) in [5.41, 5.74) is 9.43. The van der Waals surface area contributed by atoms with Gasteiger partial charge in [-0.2, -0.15) is 18.6 Å². The number of benzene rings is 2. The Bertz CT molecular complexity index is 774. The van der Waals surface area contributed by atoms with E-state index in [2.05, 4.69) is 10.2 Å². The lowest BCUT2D eigenvalue weighted by Crippen LogP contribution is -1.96. The molecule has 110 valence electrons. The number of rotatable bonds is 3. The Labute approximate surface area is 123 Å². The first kappa shape index (κ1) is 15.1. The molecule has 3 N–H and O–H groups in total. The quantitative estimate of drug-likeness (QED) is 0.514. The maximum Gasteiger partial charge on any atom is 0.294 e. The second-order valence-electron chi connectivity index (χ2n) is 4.67. The first-order valence-corrected chi connectivity index (χ1v) is 7.57. The molecule has 0 atom stereocenters. The van der Waals surface area contributed by atoms with Crippen LogP contribution < -0.4 is 5.73 Å². The molecule has 0 heterocycles. The summed E-state index contributed by atoms with van der Waals surface area (Å²) in [7, 11) is -4.19. The van der Waals surface area contributed by atoms with Crippen molar-refractivity contribution in [2.45, 2.75) is 18.7 Å². The normalized spacial score (nSPS) is 12.0. The molecule has 21 heavy (non-hydrogen) atoms. The van der Waals surface area contributed by atoms with Gasteiger partial charge in [-0.1, -0.05) is 0 Å². The topological polar surface area (TPSA) is 105 Å². The van der Waals surface area contributed by atoms with Crippen molar-refractivity contribution in [3.63, 3.8) is 0 Å². The van der Waals surface area contributed by atoms with Gasteiger partial charge in [-0.15, -0.1) is 0 Å². The number of azo groups is 1. The van der Waals surface area contributed by atoms with Gasteiger partial charge in [-0.25, -0.2) is 0 Å². The van der Waals surface area contributed by atoms with Crippen LogP contribution in [0.1, 0.15) is 11.1 Å². The van der Waals surface area contributed by atoms with Crippen LogP contribution in [0.25, 0.3) is 0 Å². The summed E-state index contributed by atoms with van der Waals surface area (Å²) < 4.78 is 30.8. The summed E-state index contributed by atoms with van der Waals surface area (Å²) >= 11 is 0. The van der Waals surface area contributed by atoms with Crippen LogP contribution in [0, 0.1) is 13.8 Å². The van der Waals surface area contributed by atoms with Gasteiger partial charge in [0.25, 0.3) is 10.1 Å².